The van der Waals surface area contributed by atoms with Gasteiger partial charge in [-0.05, 0) is 67.6 Å². The predicted octanol–water partition coefficient (Wildman–Crippen LogP) is 3.47. The molecule has 0 atom stereocenters. The lowest BCUT2D eigenvalue weighted by Crippen LogP contribution is -2.42. The molecule has 0 spiro atoms. The molecule has 8 nitrogen and oxygen atoms in total. The minimum absolute atomic E-state index is 0.114. The van der Waals surface area contributed by atoms with E-state index in [-0.39, 0.29) is 35.6 Å². The van der Waals surface area contributed by atoms with Gasteiger partial charge in [0.1, 0.15) is 5.82 Å². The normalized spacial score (nSPS) is 17.6. The van der Waals surface area contributed by atoms with Crippen LogP contribution < -0.4 is 5.32 Å². The average molecular weight is 485 g/mol. The Hall–Kier alpha value is -3.11. The van der Waals surface area contributed by atoms with E-state index in [0.29, 0.717) is 42.6 Å². The van der Waals surface area contributed by atoms with Crippen molar-refractivity contribution >= 4 is 15.9 Å². The molecule has 1 saturated carbocycles. The number of halogens is 1. The van der Waals surface area contributed by atoms with Crippen molar-refractivity contribution in [1.29, 1.82) is 0 Å². The number of piperidine rings is 1. The number of carbonyl (C=O) groups excluding carboxylic acids is 1. The minimum Gasteiger partial charge on any atom is -0.352 e. The standard InChI is InChI=1S/C24H25FN4O4S/c25-20-7-1-16(2-8-20)15-26-23(30)18-11-13-29(14-12-18)34(31,32)21-9-5-17(6-10-21)22-27-24(33-28-22)19-3-4-19/h1-2,5-10,18-19H,3-4,11-15H2,(H,26,30). The molecular formula is C24H25FN4O4S. The second kappa shape index (κ2) is 9.27. The maximum Gasteiger partial charge on any atom is 0.243 e. The molecule has 1 aliphatic heterocycles. The zero-order chi connectivity index (χ0) is 23.7. The van der Waals surface area contributed by atoms with Crippen molar-refractivity contribution in [2.24, 2.45) is 5.92 Å². The molecule has 34 heavy (non-hydrogen) atoms. The van der Waals surface area contributed by atoms with Gasteiger partial charge in [-0.25, -0.2) is 12.8 Å². The molecule has 0 unspecified atom stereocenters. The third kappa shape index (κ3) is 4.88. The smallest absolute Gasteiger partial charge is 0.243 e. The lowest BCUT2D eigenvalue weighted by Gasteiger charge is -2.30. The van der Waals surface area contributed by atoms with Crippen LogP contribution in [0.2, 0.25) is 0 Å². The number of sulfonamides is 1. The lowest BCUT2D eigenvalue weighted by atomic mass is 9.97. The van der Waals surface area contributed by atoms with Crippen LogP contribution in [-0.4, -0.2) is 41.9 Å². The Morgan fingerprint density at radius 3 is 2.35 bits per heavy atom. The Kier molecular flexibility index (Phi) is 6.18. The Morgan fingerprint density at radius 1 is 1.03 bits per heavy atom. The van der Waals surface area contributed by atoms with E-state index in [2.05, 4.69) is 15.5 Å². The molecule has 0 bridgehead atoms. The SMILES string of the molecule is O=C(NCc1ccc(F)cc1)C1CCN(S(=O)(=O)c2ccc(-c3noc(C4CC4)n3)cc2)CC1. The second-order valence-corrected chi connectivity index (χ2v) is 10.7. The summed E-state index contributed by atoms with van der Waals surface area (Å²) in [6.45, 7) is 0.856. The maximum absolute atomic E-state index is 13.1. The molecule has 1 aromatic heterocycles. The zero-order valence-electron chi connectivity index (χ0n) is 18.5. The van der Waals surface area contributed by atoms with Crippen LogP contribution in [0.1, 0.15) is 43.1 Å². The molecule has 1 amide bonds. The van der Waals surface area contributed by atoms with E-state index < -0.39 is 10.0 Å². The summed E-state index contributed by atoms with van der Waals surface area (Å²) < 4.78 is 45.9. The number of hydrogen-bond acceptors (Lipinski definition) is 6. The van der Waals surface area contributed by atoms with E-state index in [4.69, 9.17) is 4.52 Å². The van der Waals surface area contributed by atoms with Crippen LogP contribution >= 0.6 is 0 Å². The molecule has 2 aliphatic rings. The Balaban J connectivity index is 1.16. The summed E-state index contributed by atoms with van der Waals surface area (Å²) >= 11 is 0. The van der Waals surface area contributed by atoms with E-state index in [1.54, 1.807) is 36.4 Å². The molecule has 1 aliphatic carbocycles. The summed E-state index contributed by atoms with van der Waals surface area (Å²) in [7, 11) is -3.67. The number of benzene rings is 2. The molecule has 2 heterocycles. The monoisotopic (exact) mass is 484 g/mol. The van der Waals surface area contributed by atoms with E-state index in [1.807, 2.05) is 0 Å². The zero-order valence-corrected chi connectivity index (χ0v) is 19.3. The van der Waals surface area contributed by atoms with Crippen molar-refractivity contribution < 1.29 is 22.1 Å². The quantitative estimate of drug-likeness (QED) is 0.551. The van der Waals surface area contributed by atoms with Crippen molar-refractivity contribution in [3.8, 4) is 11.4 Å². The van der Waals surface area contributed by atoms with Gasteiger partial charge < -0.3 is 9.84 Å². The van der Waals surface area contributed by atoms with Crippen LogP contribution in [0.4, 0.5) is 4.39 Å². The van der Waals surface area contributed by atoms with Gasteiger partial charge in [-0.3, -0.25) is 4.79 Å². The highest BCUT2D eigenvalue weighted by Gasteiger charge is 2.32. The van der Waals surface area contributed by atoms with Crippen molar-refractivity contribution in [2.45, 2.75) is 43.0 Å². The first-order valence-electron chi connectivity index (χ1n) is 11.4. The van der Waals surface area contributed by atoms with E-state index in [1.165, 1.54) is 16.4 Å². The molecule has 2 aromatic carbocycles. The number of nitrogens with zero attached hydrogens (tertiary/aromatic N) is 3. The first-order valence-corrected chi connectivity index (χ1v) is 12.8. The fourth-order valence-electron chi connectivity index (χ4n) is 4.07. The van der Waals surface area contributed by atoms with Gasteiger partial charge in [0, 0.05) is 37.0 Å². The third-order valence-corrected chi connectivity index (χ3v) is 8.24. The number of carbonyl (C=O) groups is 1. The predicted molar refractivity (Wildman–Crippen MR) is 121 cm³/mol. The average Bonchev–Trinajstić information content (AvgIpc) is 3.60. The molecule has 0 radical (unpaired) electrons. The summed E-state index contributed by atoms with van der Waals surface area (Å²) in [4.78, 5) is 17.1. The highest BCUT2D eigenvalue weighted by Crippen LogP contribution is 2.39. The maximum atomic E-state index is 13.1. The number of amides is 1. The van der Waals surface area contributed by atoms with Crippen LogP contribution in [0.3, 0.4) is 0 Å². The minimum atomic E-state index is -3.67. The summed E-state index contributed by atoms with van der Waals surface area (Å²) in [6.07, 6.45) is 3.01. The van der Waals surface area contributed by atoms with Gasteiger partial charge in [-0.2, -0.15) is 9.29 Å². The number of aromatic nitrogens is 2. The molecule has 1 N–H and O–H groups in total. The van der Waals surface area contributed by atoms with Gasteiger partial charge >= 0.3 is 0 Å². The number of rotatable bonds is 7. The highest BCUT2D eigenvalue weighted by molar-refractivity contribution is 7.89. The van der Waals surface area contributed by atoms with Gasteiger partial charge in [0.25, 0.3) is 0 Å². The van der Waals surface area contributed by atoms with Gasteiger partial charge in [0.2, 0.25) is 27.6 Å². The van der Waals surface area contributed by atoms with Crippen LogP contribution in [-0.2, 0) is 21.4 Å². The summed E-state index contributed by atoms with van der Waals surface area (Å²) in [6, 6.07) is 12.4. The second-order valence-electron chi connectivity index (χ2n) is 8.78. The van der Waals surface area contributed by atoms with Crippen LogP contribution in [0.25, 0.3) is 11.4 Å². The molecule has 10 heteroatoms. The van der Waals surface area contributed by atoms with Crippen molar-refractivity contribution in [3.63, 3.8) is 0 Å². The fraction of sp³-hybridized carbons (Fsp3) is 0.375. The fourth-order valence-corrected chi connectivity index (χ4v) is 5.54. The van der Waals surface area contributed by atoms with Gasteiger partial charge in [-0.15, -0.1) is 0 Å². The third-order valence-electron chi connectivity index (χ3n) is 6.32. The summed E-state index contributed by atoms with van der Waals surface area (Å²) in [5.74, 6) is 0.754. The van der Waals surface area contributed by atoms with Crippen molar-refractivity contribution in [3.05, 3.63) is 65.8 Å². The molecule has 5 rings (SSSR count). The molecule has 3 aromatic rings. The number of nitrogens with one attached hydrogen (secondary N) is 1. The van der Waals surface area contributed by atoms with E-state index in [0.717, 1.165) is 18.4 Å². The van der Waals surface area contributed by atoms with Crippen molar-refractivity contribution in [2.75, 3.05) is 13.1 Å². The Labute approximate surface area is 197 Å². The largest absolute Gasteiger partial charge is 0.352 e. The molecular weight excluding hydrogens is 459 g/mol. The Morgan fingerprint density at radius 2 is 1.71 bits per heavy atom. The first-order chi connectivity index (χ1) is 16.4. The topological polar surface area (TPSA) is 105 Å². The molecule has 1 saturated heterocycles. The van der Waals surface area contributed by atoms with E-state index >= 15 is 0 Å². The van der Waals surface area contributed by atoms with Gasteiger partial charge in [-0.1, -0.05) is 17.3 Å². The van der Waals surface area contributed by atoms with Crippen LogP contribution in [0.5, 0.6) is 0 Å². The van der Waals surface area contributed by atoms with Crippen molar-refractivity contribution in [1.82, 2.24) is 19.8 Å². The lowest BCUT2D eigenvalue weighted by molar-refractivity contribution is -0.126. The molecule has 2 fully saturated rings. The Bertz CT molecular complexity index is 1260. The van der Waals surface area contributed by atoms with E-state index in [9.17, 15) is 17.6 Å². The van der Waals surface area contributed by atoms with Crippen LogP contribution in [0.15, 0.2) is 57.9 Å². The number of hydrogen-bond donors (Lipinski definition) is 1. The summed E-state index contributed by atoms with van der Waals surface area (Å²) in [5.41, 5.74) is 1.51. The van der Waals surface area contributed by atoms with Gasteiger partial charge in [0.05, 0.1) is 4.90 Å². The summed E-state index contributed by atoms with van der Waals surface area (Å²) in [5, 5.41) is 6.85. The van der Waals surface area contributed by atoms with Crippen LogP contribution in [0, 0.1) is 11.7 Å². The highest BCUT2D eigenvalue weighted by atomic mass is 32.2. The first kappa shape index (κ1) is 22.7. The van der Waals surface area contributed by atoms with Gasteiger partial charge in [0.15, 0.2) is 0 Å². The molecule has 178 valence electrons.